The lowest BCUT2D eigenvalue weighted by molar-refractivity contribution is 0.188. The lowest BCUT2D eigenvalue weighted by atomic mass is 9.91. The molecule has 16 heavy (non-hydrogen) atoms. The minimum Gasteiger partial charge on any atom is -0.396 e. The second-order valence-corrected chi connectivity index (χ2v) is 4.22. The molecule has 0 amide bonds. The van der Waals surface area contributed by atoms with Crippen LogP contribution in [-0.4, -0.2) is 25.4 Å². The molecule has 0 fully saturated rings. The summed E-state index contributed by atoms with van der Waals surface area (Å²) >= 11 is 0. The van der Waals surface area contributed by atoms with E-state index in [9.17, 15) is 5.11 Å². The fraction of sp³-hybridized carbons (Fsp3) is 0.571. The molecule has 0 spiro atoms. The van der Waals surface area contributed by atoms with Gasteiger partial charge in [-0.05, 0) is 30.9 Å². The largest absolute Gasteiger partial charge is 0.396 e. The van der Waals surface area contributed by atoms with Gasteiger partial charge in [-0.1, -0.05) is 30.7 Å². The van der Waals surface area contributed by atoms with E-state index in [1.165, 1.54) is 11.1 Å². The molecule has 1 aromatic rings. The summed E-state index contributed by atoms with van der Waals surface area (Å²) in [6.07, 6.45) is 3.21. The van der Waals surface area contributed by atoms with Crippen LogP contribution in [0, 0.1) is 6.92 Å². The first-order chi connectivity index (χ1) is 7.79. The van der Waals surface area contributed by atoms with Crippen molar-refractivity contribution in [3.05, 3.63) is 35.4 Å². The van der Waals surface area contributed by atoms with E-state index >= 15 is 0 Å². The van der Waals surface area contributed by atoms with E-state index in [1.54, 1.807) is 7.11 Å². The van der Waals surface area contributed by atoms with Crippen molar-refractivity contribution in [3.8, 4) is 0 Å². The van der Waals surface area contributed by atoms with Gasteiger partial charge in [-0.3, -0.25) is 0 Å². The summed E-state index contributed by atoms with van der Waals surface area (Å²) in [5.74, 6) is 0.276. The molecule has 0 radical (unpaired) electrons. The maximum atomic E-state index is 9.43. The summed E-state index contributed by atoms with van der Waals surface area (Å²) in [5.41, 5.74) is 2.55. The monoisotopic (exact) mass is 222 g/mol. The van der Waals surface area contributed by atoms with Crippen molar-refractivity contribution >= 4 is 0 Å². The van der Waals surface area contributed by atoms with Gasteiger partial charge in [0.25, 0.3) is 0 Å². The lowest BCUT2D eigenvalue weighted by Gasteiger charge is -2.16. The molecular weight excluding hydrogens is 200 g/mol. The zero-order valence-electron chi connectivity index (χ0n) is 10.3. The van der Waals surface area contributed by atoms with E-state index in [0.29, 0.717) is 0 Å². The second kappa shape index (κ2) is 7.42. The van der Waals surface area contributed by atoms with E-state index < -0.39 is 0 Å². The van der Waals surface area contributed by atoms with Crippen molar-refractivity contribution in [2.75, 3.05) is 20.3 Å². The van der Waals surface area contributed by atoms with Gasteiger partial charge in [0.2, 0.25) is 0 Å². The molecule has 0 aliphatic rings. The number of rotatable bonds is 7. The number of ether oxygens (including phenoxy) is 1. The fourth-order valence-corrected chi connectivity index (χ4v) is 2.03. The summed E-state index contributed by atoms with van der Waals surface area (Å²) in [5, 5.41) is 9.43. The number of hydrogen-bond donors (Lipinski definition) is 1. The fourth-order valence-electron chi connectivity index (χ4n) is 2.03. The zero-order chi connectivity index (χ0) is 11.8. The molecule has 1 unspecified atom stereocenters. The molecule has 0 saturated heterocycles. The third kappa shape index (κ3) is 3.95. The third-order valence-corrected chi connectivity index (χ3v) is 3.00. The Morgan fingerprint density at radius 3 is 2.62 bits per heavy atom. The topological polar surface area (TPSA) is 29.5 Å². The quantitative estimate of drug-likeness (QED) is 0.719. The Morgan fingerprint density at radius 2 is 2.00 bits per heavy atom. The van der Waals surface area contributed by atoms with Crippen molar-refractivity contribution in [1.82, 2.24) is 0 Å². The first-order valence-electron chi connectivity index (χ1n) is 5.95. The Labute approximate surface area is 98.3 Å². The molecule has 0 heterocycles. The number of aliphatic hydroxyl groups is 1. The van der Waals surface area contributed by atoms with Crippen LogP contribution < -0.4 is 0 Å². The van der Waals surface area contributed by atoms with Gasteiger partial charge in [-0.2, -0.15) is 0 Å². The molecule has 0 saturated carbocycles. The SMILES string of the molecule is COCCCCC(CO)c1ccccc1C. The molecular formula is C14H22O2. The average molecular weight is 222 g/mol. The third-order valence-electron chi connectivity index (χ3n) is 3.00. The van der Waals surface area contributed by atoms with Gasteiger partial charge in [0, 0.05) is 26.2 Å². The van der Waals surface area contributed by atoms with Crippen molar-refractivity contribution < 1.29 is 9.84 Å². The van der Waals surface area contributed by atoms with Gasteiger partial charge in [-0.15, -0.1) is 0 Å². The van der Waals surface area contributed by atoms with Crippen LogP contribution in [-0.2, 0) is 4.74 Å². The predicted molar refractivity (Wildman–Crippen MR) is 66.7 cm³/mol. The summed E-state index contributed by atoms with van der Waals surface area (Å²) in [6.45, 7) is 3.15. The van der Waals surface area contributed by atoms with Gasteiger partial charge >= 0.3 is 0 Å². The molecule has 0 aliphatic heterocycles. The van der Waals surface area contributed by atoms with E-state index in [0.717, 1.165) is 25.9 Å². The van der Waals surface area contributed by atoms with Crippen LogP contribution in [0.2, 0.25) is 0 Å². The first kappa shape index (κ1) is 13.2. The molecule has 1 atom stereocenters. The molecule has 0 aromatic heterocycles. The highest BCUT2D eigenvalue weighted by atomic mass is 16.5. The van der Waals surface area contributed by atoms with Crippen molar-refractivity contribution in [1.29, 1.82) is 0 Å². The predicted octanol–water partition coefficient (Wildman–Crippen LogP) is 2.89. The van der Waals surface area contributed by atoms with E-state index in [1.807, 2.05) is 12.1 Å². The molecule has 0 aliphatic carbocycles. The van der Waals surface area contributed by atoms with Crippen LogP contribution in [0.25, 0.3) is 0 Å². The second-order valence-electron chi connectivity index (χ2n) is 4.22. The number of methoxy groups -OCH3 is 1. The van der Waals surface area contributed by atoms with Crippen LogP contribution in [0.5, 0.6) is 0 Å². The van der Waals surface area contributed by atoms with E-state index in [4.69, 9.17) is 4.74 Å². The highest BCUT2D eigenvalue weighted by Crippen LogP contribution is 2.24. The minimum absolute atomic E-state index is 0.234. The molecule has 0 bridgehead atoms. The Balaban J connectivity index is 2.51. The van der Waals surface area contributed by atoms with Crippen LogP contribution in [0.3, 0.4) is 0 Å². The van der Waals surface area contributed by atoms with Crippen molar-refractivity contribution in [3.63, 3.8) is 0 Å². The number of hydrogen-bond acceptors (Lipinski definition) is 2. The zero-order valence-corrected chi connectivity index (χ0v) is 10.3. The highest BCUT2D eigenvalue weighted by Gasteiger charge is 2.11. The van der Waals surface area contributed by atoms with Crippen LogP contribution >= 0.6 is 0 Å². The van der Waals surface area contributed by atoms with E-state index in [2.05, 4.69) is 19.1 Å². The average Bonchev–Trinajstić information content (AvgIpc) is 2.31. The lowest BCUT2D eigenvalue weighted by Crippen LogP contribution is -2.06. The molecule has 2 nitrogen and oxygen atoms in total. The van der Waals surface area contributed by atoms with Gasteiger partial charge in [0.15, 0.2) is 0 Å². The molecule has 1 N–H and O–H groups in total. The first-order valence-corrected chi connectivity index (χ1v) is 5.95. The summed E-state index contributed by atoms with van der Waals surface area (Å²) in [7, 11) is 1.73. The maximum Gasteiger partial charge on any atom is 0.0499 e. The standard InChI is InChI=1S/C14H22O2/c1-12-7-3-4-9-14(12)13(11-15)8-5-6-10-16-2/h3-4,7,9,13,15H,5-6,8,10-11H2,1-2H3. The van der Waals surface area contributed by atoms with Crippen molar-refractivity contribution in [2.45, 2.75) is 32.1 Å². The van der Waals surface area contributed by atoms with Gasteiger partial charge < -0.3 is 9.84 Å². The summed E-state index contributed by atoms with van der Waals surface area (Å²) in [6, 6.07) is 8.30. The Kier molecular flexibility index (Phi) is 6.12. The van der Waals surface area contributed by atoms with Crippen LogP contribution in [0.15, 0.2) is 24.3 Å². The van der Waals surface area contributed by atoms with E-state index in [-0.39, 0.29) is 12.5 Å². The molecule has 1 aromatic carbocycles. The summed E-state index contributed by atoms with van der Waals surface area (Å²) < 4.78 is 5.02. The van der Waals surface area contributed by atoms with Crippen molar-refractivity contribution in [2.24, 2.45) is 0 Å². The normalized spacial score (nSPS) is 12.7. The molecule has 90 valence electrons. The minimum atomic E-state index is 0.234. The maximum absolute atomic E-state index is 9.43. The van der Waals surface area contributed by atoms with Crippen LogP contribution in [0.1, 0.15) is 36.3 Å². The number of benzene rings is 1. The Bertz CT molecular complexity index is 297. The molecule has 2 heteroatoms. The number of aliphatic hydroxyl groups excluding tert-OH is 1. The Morgan fingerprint density at radius 1 is 1.25 bits per heavy atom. The summed E-state index contributed by atoms with van der Waals surface area (Å²) in [4.78, 5) is 0. The Hall–Kier alpha value is -0.860. The van der Waals surface area contributed by atoms with Gasteiger partial charge in [0.05, 0.1) is 0 Å². The highest BCUT2D eigenvalue weighted by molar-refractivity contribution is 5.29. The van der Waals surface area contributed by atoms with Gasteiger partial charge in [0.1, 0.15) is 0 Å². The smallest absolute Gasteiger partial charge is 0.0499 e. The van der Waals surface area contributed by atoms with Crippen LogP contribution in [0.4, 0.5) is 0 Å². The molecule has 1 rings (SSSR count). The number of aryl methyl sites for hydroxylation is 1. The number of unbranched alkanes of at least 4 members (excludes halogenated alkanes) is 1. The van der Waals surface area contributed by atoms with Gasteiger partial charge in [-0.25, -0.2) is 0 Å².